The fourth-order valence-electron chi connectivity index (χ4n) is 1.92. The molecule has 0 atom stereocenters. The van der Waals surface area contributed by atoms with Crippen molar-refractivity contribution in [3.63, 3.8) is 0 Å². The minimum Gasteiger partial charge on any atom is -0.396 e. The van der Waals surface area contributed by atoms with Crippen molar-refractivity contribution in [1.29, 1.82) is 0 Å². The zero-order valence-corrected chi connectivity index (χ0v) is 10.5. The van der Waals surface area contributed by atoms with Crippen LogP contribution in [-0.2, 0) is 0 Å². The Bertz CT molecular complexity index is 402. The molecule has 4 heteroatoms. The Morgan fingerprint density at radius 2 is 2.00 bits per heavy atom. The topological polar surface area (TPSA) is 46.3 Å². The Labute approximate surface area is 101 Å². The third-order valence-corrected chi connectivity index (χ3v) is 3.09. The summed E-state index contributed by atoms with van der Waals surface area (Å²) in [5.41, 5.74) is 5.74. The molecule has 0 bridgehead atoms. The molecule has 1 aromatic rings. The molecule has 1 rings (SSSR count). The number of nitrogens with zero attached hydrogens (tertiary/aromatic N) is 1. The number of para-hydroxylation sites is 1. The Morgan fingerprint density at radius 1 is 1.41 bits per heavy atom. The van der Waals surface area contributed by atoms with Crippen LogP contribution in [0.15, 0.2) is 18.2 Å². The monoisotopic (exact) mass is 238 g/mol. The summed E-state index contributed by atoms with van der Waals surface area (Å²) in [6.07, 6.45) is 1.74. The fourth-order valence-corrected chi connectivity index (χ4v) is 1.92. The average Bonchev–Trinajstić information content (AvgIpc) is 2.33. The van der Waals surface area contributed by atoms with Crippen LogP contribution < -0.4 is 5.73 Å². The second kappa shape index (κ2) is 5.66. The molecule has 0 unspecified atom stereocenters. The molecule has 0 heterocycles. The highest BCUT2D eigenvalue weighted by atomic mass is 19.1. The van der Waals surface area contributed by atoms with Crippen LogP contribution >= 0.6 is 0 Å². The number of anilines is 1. The summed E-state index contributed by atoms with van der Waals surface area (Å²) in [5.74, 6) is -0.774. The molecule has 0 saturated heterocycles. The molecule has 1 aromatic carbocycles. The van der Waals surface area contributed by atoms with E-state index in [2.05, 4.69) is 0 Å². The molecular weight excluding hydrogens is 219 g/mol. The van der Waals surface area contributed by atoms with Gasteiger partial charge in [0.15, 0.2) is 0 Å². The molecule has 17 heavy (non-hydrogen) atoms. The van der Waals surface area contributed by atoms with Gasteiger partial charge in [-0.3, -0.25) is 4.79 Å². The first-order valence-corrected chi connectivity index (χ1v) is 5.84. The molecule has 0 aliphatic heterocycles. The summed E-state index contributed by atoms with van der Waals surface area (Å²) < 4.78 is 13.3. The molecule has 0 aliphatic rings. The number of nitrogen functional groups attached to an aromatic ring is 1. The standard InChI is InChI=1S/C13H19FN2O/c1-4-9(5-2)16(3)13(17)10-7-6-8-11(14)12(10)15/h6-9H,4-5,15H2,1-3H3. The van der Waals surface area contributed by atoms with E-state index >= 15 is 0 Å². The first-order valence-electron chi connectivity index (χ1n) is 5.84. The average molecular weight is 238 g/mol. The number of hydrogen-bond acceptors (Lipinski definition) is 2. The lowest BCUT2D eigenvalue weighted by Crippen LogP contribution is -2.36. The van der Waals surface area contributed by atoms with E-state index in [1.807, 2.05) is 13.8 Å². The third kappa shape index (κ3) is 2.75. The minimum absolute atomic E-state index is 0.0738. The first-order chi connectivity index (χ1) is 8.02. The van der Waals surface area contributed by atoms with E-state index < -0.39 is 5.82 Å². The number of amides is 1. The smallest absolute Gasteiger partial charge is 0.256 e. The Balaban J connectivity index is 3.00. The second-order valence-corrected chi connectivity index (χ2v) is 4.09. The van der Waals surface area contributed by atoms with Crippen molar-refractivity contribution in [2.24, 2.45) is 0 Å². The van der Waals surface area contributed by atoms with Gasteiger partial charge in [-0.1, -0.05) is 19.9 Å². The number of carbonyl (C=O) groups excluding carboxylic acids is 1. The molecule has 0 aromatic heterocycles. The highest BCUT2D eigenvalue weighted by Crippen LogP contribution is 2.19. The van der Waals surface area contributed by atoms with Crippen molar-refractivity contribution in [2.45, 2.75) is 32.7 Å². The Kier molecular flexibility index (Phi) is 4.49. The number of nitrogens with two attached hydrogens (primary N) is 1. The lowest BCUT2D eigenvalue weighted by atomic mass is 10.1. The maximum absolute atomic E-state index is 13.3. The molecule has 0 spiro atoms. The van der Waals surface area contributed by atoms with E-state index in [9.17, 15) is 9.18 Å². The molecule has 0 radical (unpaired) electrons. The van der Waals surface area contributed by atoms with E-state index in [4.69, 9.17) is 5.73 Å². The van der Waals surface area contributed by atoms with Gasteiger partial charge in [0.1, 0.15) is 5.82 Å². The van der Waals surface area contributed by atoms with Crippen molar-refractivity contribution in [3.8, 4) is 0 Å². The van der Waals surface area contributed by atoms with Crippen LogP contribution in [0.3, 0.4) is 0 Å². The van der Waals surface area contributed by atoms with Crippen LogP contribution in [0.1, 0.15) is 37.0 Å². The van der Waals surface area contributed by atoms with E-state index in [0.717, 1.165) is 12.8 Å². The van der Waals surface area contributed by atoms with Crippen LogP contribution in [-0.4, -0.2) is 23.9 Å². The highest BCUT2D eigenvalue weighted by molar-refractivity contribution is 5.99. The maximum Gasteiger partial charge on any atom is 0.256 e. The molecule has 2 N–H and O–H groups in total. The second-order valence-electron chi connectivity index (χ2n) is 4.09. The lowest BCUT2D eigenvalue weighted by Gasteiger charge is -2.26. The summed E-state index contributed by atoms with van der Waals surface area (Å²) in [6.45, 7) is 4.04. The van der Waals surface area contributed by atoms with Crippen molar-refractivity contribution >= 4 is 11.6 Å². The SMILES string of the molecule is CCC(CC)N(C)C(=O)c1cccc(F)c1N. The minimum atomic E-state index is -0.547. The van der Waals surface area contributed by atoms with Gasteiger partial charge >= 0.3 is 0 Å². The Morgan fingerprint density at radius 3 is 2.53 bits per heavy atom. The number of halogens is 1. The lowest BCUT2D eigenvalue weighted by molar-refractivity contribution is 0.0724. The van der Waals surface area contributed by atoms with Gasteiger partial charge in [-0.25, -0.2) is 4.39 Å². The van der Waals surface area contributed by atoms with Crippen LogP contribution in [0.25, 0.3) is 0 Å². The van der Waals surface area contributed by atoms with E-state index in [-0.39, 0.29) is 23.2 Å². The van der Waals surface area contributed by atoms with Gasteiger partial charge in [-0.05, 0) is 25.0 Å². The quantitative estimate of drug-likeness (QED) is 0.820. The zero-order chi connectivity index (χ0) is 13.0. The van der Waals surface area contributed by atoms with E-state index in [1.54, 1.807) is 18.0 Å². The molecule has 94 valence electrons. The van der Waals surface area contributed by atoms with Crippen LogP contribution in [0.4, 0.5) is 10.1 Å². The van der Waals surface area contributed by atoms with Gasteiger partial charge in [-0.2, -0.15) is 0 Å². The fraction of sp³-hybridized carbons (Fsp3) is 0.462. The van der Waals surface area contributed by atoms with Crippen molar-refractivity contribution in [1.82, 2.24) is 4.90 Å². The number of rotatable bonds is 4. The zero-order valence-electron chi connectivity index (χ0n) is 10.5. The van der Waals surface area contributed by atoms with Crippen molar-refractivity contribution in [3.05, 3.63) is 29.6 Å². The Hall–Kier alpha value is -1.58. The maximum atomic E-state index is 13.3. The summed E-state index contributed by atoms with van der Waals surface area (Å²) >= 11 is 0. The van der Waals surface area contributed by atoms with E-state index in [1.165, 1.54) is 12.1 Å². The van der Waals surface area contributed by atoms with Crippen LogP contribution in [0.5, 0.6) is 0 Å². The number of carbonyl (C=O) groups is 1. The van der Waals surface area contributed by atoms with Gasteiger partial charge in [0.05, 0.1) is 11.3 Å². The molecule has 3 nitrogen and oxygen atoms in total. The summed E-state index contributed by atoms with van der Waals surface area (Å²) in [7, 11) is 1.73. The predicted molar refractivity (Wildman–Crippen MR) is 67.3 cm³/mol. The summed E-state index contributed by atoms with van der Waals surface area (Å²) in [4.78, 5) is 13.8. The van der Waals surface area contributed by atoms with Gasteiger partial charge in [0.25, 0.3) is 5.91 Å². The number of benzene rings is 1. The number of hydrogen-bond donors (Lipinski definition) is 1. The van der Waals surface area contributed by atoms with Crippen LogP contribution in [0.2, 0.25) is 0 Å². The molecule has 0 saturated carbocycles. The highest BCUT2D eigenvalue weighted by Gasteiger charge is 2.21. The largest absolute Gasteiger partial charge is 0.396 e. The van der Waals surface area contributed by atoms with Gasteiger partial charge < -0.3 is 10.6 Å². The third-order valence-electron chi connectivity index (χ3n) is 3.09. The molecular formula is C13H19FN2O. The summed E-state index contributed by atoms with van der Waals surface area (Å²) in [5, 5.41) is 0. The van der Waals surface area contributed by atoms with Crippen molar-refractivity contribution < 1.29 is 9.18 Å². The van der Waals surface area contributed by atoms with E-state index in [0.29, 0.717) is 0 Å². The predicted octanol–water partition coefficient (Wildman–Crippen LogP) is 2.67. The molecule has 1 amide bonds. The van der Waals surface area contributed by atoms with Crippen molar-refractivity contribution in [2.75, 3.05) is 12.8 Å². The van der Waals surface area contributed by atoms with Gasteiger partial charge in [0.2, 0.25) is 0 Å². The molecule has 0 aliphatic carbocycles. The normalized spacial score (nSPS) is 10.6. The first kappa shape index (κ1) is 13.5. The van der Waals surface area contributed by atoms with Gasteiger partial charge in [0, 0.05) is 13.1 Å². The van der Waals surface area contributed by atoms with Crippen LogP contribution in [0, 0.1) is 5.82 Å². The molecule has 0 fully saturated rings. The summed E-state index contributed by atoms with van der Waals surface area (Å²) in [6, 6.07) is 4.47. The van der Waals surface area contributed by atoms with Gasteiger partial charge in [-0.15, -0.1) is 0 Å².